The third-order valence-electron chi connectivity index (χ3n) is 5.35. The molecule has 0 radical (unpaired) electrons. The second kappa shape index (κ2) is 8.58. The predicted molar refractivity (Wildman–Crippen MR) is 124 cm³/mol. The Morgan fingerprint density at radius 3 is 1.58 bits per heavy atom. The highest BCUT2D eigenvalue weighted by atomic mass is 19.1. The Balaban J connectivity index is 1.64. The van der Waals surface area contributed by atoms with Gasteiger partial charge in [-0.3, -0.25) is 0 Å². The topological polar surface area (TPSA) is 0 Å². The Bertz CT molecular complexity index is 1280. The molecule has 0 N–H and O–H groups in total. The summed E-state index contributed by atoms with van der Waals surface area (Å²) in [7, 11) is 0. The van der Waals surface area contributed by atoms with E-state index in [1.54, 1.807) is 6.07 Å². The second-order valence-corrected chi connectivity index (χ2v) is 7.83. The van der Waals surface area contributed by atoms with Gasteiger partial charge in [0.15, 0.2) is 0 Å². The van der Waals surface area contributed by atoms with Crippen molar-refractivity contribution in [1.29, 1.82) is 0 Å². The lowest BCUT2D eigenvalue weighted by Crippen LogP contribution is -1.92. The van der Waals surface area contributed by atoms with Crippen LogP contribution < -0.4 is 0 Å². The minimum Gasteiger partial charge on any atom is -0.206 e. The fourth-order valence-electron chi connectivity index (χ4n) is 3.49. The molecule has 4 aromatic rings. The van der Waals surface area contributed by atoms with Crippen molar-refractivity contribution in [1.82, 2.24) is 0 Å². The molecule has 0 aliphatic heterocycles. The fraction of sp³-hybridized carbons (Fsp3) is 0.103. The molecule has 0 atom stereocenters. The average Bonchev–Trinajstić information content (AvgIpc) is 2.75. The molecule has 0 amide bonds. The van der Waals surface area contributed by atoms with Gasteiger partial charge in [-0.25, -0.2) is 8.78 Å². The summed E-state index contributed by atoms with van der Waals surface area (Å²) in [5.74, 6) is 4.81. The quantitative estimate of drug-likeness (QED) is 0.299. The number of rotatable bonds is 2. The van der Waals surface area contributed by atoms with E-state index >= 15 is 0 Å². The zero-order chi connectivity index (χ0) is 22.0. The van der Waals surface area contributed by atoms with E-state index in [1.807, 2.05) is 81.4 Å². The number of hydrogen-bond acceptors (Lipinski definition) is 0. The summed E-state index contributed by atoms with van der Waals surface area (Å²) < 4.78 is 29.4. The molecule has 0 spiro atoms. The van der Waals surface area contributed by atoms with E-state index < -0.39 is 11.6 Å². The molecular formula is C29H22F2. The standard InChI is InChI=1S/C29H22F2/c1-19-4-8-22(9-5-19)25-13-12-24(28(30)17-25)14-15-27-21(3)16-26(18-29(27)31)23-10-6-20(2)7-11-23/h4-13,16-18H,1-3H3. The summed E-state index contributed by atoms with van der Waals surface area (Å²) >= 11 is 0. The fourth-order valence-corrected chi connectivity index (χ4v) is 3.49. The van der Waals surface area contributed by atoms with E-state index in [2.05, 4.69) is 11.8 Å². The van der Waals surface area contributed by atoms with Gasteiger partial charge in [-0.15, -0.1) is 0 Å². The average molecular weight is 408 g/mol. The SMILES string of the molecule is Cc1ccc(-c2ccc(C#Cc3c(C)cc(-c4ccc(C)cc4)cc3F)c(F)c2)cc1. The van der Waals surface area contributed by atoms with Crippen LogP contribution in [0, 0.1) is 44.2 Å². The number of benzene rings is 4. The van der Waals surface area contributed by atoms with Crippen LogP contribution >= 0.6 is 0 Å². The molecule has 0 saturated carbocycles. The summed E-state index contributed by atoms with van der Waals surface area (Å²) in [5.41, 5.74) is 7.04. The molecule has 31 heavy (non-hydrogen) atoms. The molecular weight excluding hydrogens is 386 g/mol. The lowest BCUT2D eigenvalue weighted by atomic mass is 9.98. The molecule has 0 fully saturated rings. The van der Waals surface area contributed by atoms with Crippen molar-refractivity contribution in [2.24, 2.45) is 0 Å². The van der Waals surface area contributed by atoms with Crippen LogP contribution in [0.3, 0.4) is 0 Å². The van der Waals surface area contributed by atoms with Gasteiger partial charge in [-0.2, -0.15) is 0 Å². The first-order valence-electron chi connectivity index (χ1n) is 10.2. The van der Waals surface area contributed by atoms with Crippen LogP contribution in [0.4, 0.5) is 8.78 Å². The molecule has 4 rings (SSSR count). The van der Waals surface area contributed by atoms with E-state index in [4.69, 9.17) is 0 Å². The lowest BCUT2D eigenvalue weighted by Gasteiger charge is -2.07. The van der Waals surface area contributed by atoms with E-state index in [-0.39, 0.29) is 11.1 Å². The van der Waals surface area contributed by atoms with Crippen molar-refractivity contribution in [3.63, 3.8) is 0 Å². The van der Waals surface area contributed by atoms with Crippen LogP contribution in [0.25, 0.3) is 22.3 Å². The summed E-state index contributed by atoms with van der Waals surface area (Å²) in [6.07, 6.45) is 0. The molecule has 0 heterocycles. The van der Waals surface area contributed by atoms with Gasteiger partial charge in [-0.1, -0.05) is 77.6 Å². The van der Waals surface area contributed by atoms with Crippen molar-refractivity contribution >= 4 is 0 Å². The first-order chi connectivity index (χ1) is 14.9. The van der Waals surface area contributed by atoms with Gasteiger partial charge < -0.3 is 0 Å². The highest BCUT2D eigenvalue weighted by molar-refractivity contribution is 5.67. The monoisotopic (exact) mass is 408 g/mol. The zero-order valence-electron chi connectivity index (χ0n) is 17.8. The first-order valence-corrected chi connectivity index (χ1v) is 10.2. The van der Waals surface area contributed by atoms with Gasteiger partial charge in [-0.05, 0) is 72.9 Å². The normalized spacial score (nSPS) is 10.5. The lowest BCUT2D eigenvalue weighted by molar-refractivity contribution is 0.622. The van der Waals surface area contributed by atoms with E-state index in [0.29, 0.717) is 0 Å². The highest BCUT2D eigenvalue weighted by Crippen LogP contribution is 2.26. The largest absolute Gasteiger partial charge is 0.206 e. The Labute approximate surface area is 182 Å². The predicted octanol–water partition coefficient (Wildman–Crippen LogP) is 7.62. The molecule has 0 unspecified atom stereocenters. The van der Waals surface area contributed by atoms with Crippen molar-refractivity contribution in [2.75, 3.05) is 0 Å². The van der Waals surface area contributed by atoms with Gasteiger partial charge in [0.05, 0.1) is 11.1 Å². The molecule has 4 aromatic carbocycles. The molecule has 0 saturated heterocycles. The molecule has 0 bridgehead atoms. The number of halogens is 2. The highest BCUT2D eigenvalue weighted by Gasteiger charge is 2.09. The van der Waals surface area contributed by atoms with E-state index in [1.165, 1.54) is 12.1 Å². The van der Waals surface area contributed by atoms with Crippen molar-refractivity contribution in [3.05, 3.63) is 118 Å². The summed E-state index contributed by atoms with van der Waals surface area (Å²) in [6, 6.07) is 24.2. The Morgan fingerprint density at radius 2 is 1.03 bits per heavy atom. The minimum absolute atomic E-state index is 0.247. The van der Waals surface area contributed by atoms with Crippen LogP contribution in [0.15, 0.2) is 78.9 Å². The van der Waals surface area contributed by atoms with Crippen molar-refractivity contribution in [3.8, 4) is 34.1 Å². The third-order valence-corrected chi connectivity index (χ3v) is 5.35. The van der Waals surface area contributed by atoms with Crippen LogP contribution in [0.2, 0.25) is 0 Å². The molecule has 0 nitrogen and oxygen atoms in total. The summed E-state index contributed by atoms with van der Waals surface area (Å²) in [5, 5.41) is 0. The summed E-state index contributed by atoms with van der Waals surface area (Å²) in [6.45, 7) is 5.85. The Hall–Kier alpha value is -3.70. The van der Waals surface area contributed by atoms with Crippen molar-refractivity contribution in [2.45, 2.75) is 20.8 Å². The summed E-state index contributed by atoms with van der Waals surface area (Å²) in [4.78, 5) is 0. The van der Waals surface area contributed by atoms with Crippen LogP contribution in [0.5, 0.6) is 0 Å². The van der Waals surface area contributed by atoms with Gasteiger partial charge in [0.2, 0.25) is 0 Å². The van der Waals surface area contributed by atoms with E-state index in [0.717, 1.165) is 38.9 Å². The third kappa shape index (κ3) is 4.57. The first kappa shape index (κ1) is 20.6. The number of hydrogen-bond donors (Lipinski definition) is 0. The number of aryl methyl sites for hydroxylation is 3. The van der Waals surface area contributed by atoms with Crippen LogP contribution in [-0.4, -0.2) is 0 Å². The molecule has 0 aliphatic carbocycles. The van der Waals surface area contributed by atoms with E-state index in [9.17, 15) is 8.78 Å². The zero-order valence-corrected chi connectivity index (χ0v) is 17.8. The molecule has 152 valence electrons. The maximum absolute atomic E-state index is 14.8. The molecule has 2 heteroatoms. The molecule has 0 aliphatic rings. The molecule has 0 aromatic heterocycles. The van der Waals surface area contributed by atoms with Crippen LogP contribution in [-0.2, 0) is 0 Å². The van der Waals surface area contributed by atoms with Gasteiger partial charge in [0.1, 0.15) is 11.6 Å². The van der Waals surface area contributed by atoms with Crippen molar-refractivity contribution < 1.29 is 8.78 Å². The minimum atomic E-state index is -0.417. The smallest absolute Gasteiger partial charge is 0.139 e. The maximum Gasteiger partial charge on any atom is 0.139 e. The van der Waals surface area contributed by atoms with Crippen LogP contribution in [0.1, 0.15) is 27.8 Å². The second-order valence-electron chi connectivity index (χ2n) is 7.83. The Morgan fingerprint density at radius 1 is 0.516 bits per heavy atom. The Kier molecular flexibility index (Phi) is 5.69. The van der Waals surface area contributed by atoms with Gasteiger partial charge in [0, 0.05) is 0 Å². The van der Waals surface area contributed by atoms with Gasteiger partial charge >= 0.3 is 0 Å². The van der Waals surface area contributed by atoms with Gasteiger partial charge in [0.25, 0.3) is 0 Å². The maximum atomic E-state index is 14.8.